The van der Waals surface area contributed by atoms with Crippen LogP contribution in [0, 0.1) is 6.92 Å². The number of anilines is 2. The van der Waals surface area contributed by atoms with Gasteiger partial charge in [0.1, 0.15) is 5.82 Å². The van der Waals surface area contributed by atoms with Gasteiger partial charge in [0.25, 0.3) is 0 Å². The molecule has 0 unspecified atom stereocenters. The molecule has 1 aliphatic rings. The molecule has 0 aliphatic carbocycles. The van der Waals surface area contributed by atoms with Crippen LogP contribution < -0.4 is 10.6 Å². The zero-order valence-electron chi connectivity index (χ0n) is 21.0. The first-order valence-electron chi connectivity index (χ1n) is 12.3. The van der Waals surface area contributed by atoms with Crippen molar-refractivity contribution < 1.29 is 9.53 Å². The van der Waals surface area contributed by atoms with E-state index in [0.717, 1.165) is 54.9 Å². The fourth-order valence-electron chi connectivity index (χ4n) is 4.66. The number of aryl methyl sites for hydroxylation is 1. The fourth-order valence-corrected chi connectivity index (χ4v) is 5.01. The van der Waals surface area contributed by atoms with Crippen molar-refractivity contribution in [3.63, 3.8) is 0 Å². The van der Waals surface area contributed by atoms with Crippen LogP contribution in [0.25, 0.3) is 5.69 Å². The van der Waals surface area contributed by atoms with E-state index in [-0.39, 0.29) is 6.03 Å². The van der Waals surface area contributed by atoms with Crippen molar-refractivity contribution in [2.24, 2.45) is 0 Å². The van der Waals surface area contributed by atoms with Crippen molar-refractivity contribution in [1.82, 2.24) is 14.7 Å². The molecule has 3 aromatic rings. The van der Waals surface area contributed by atoms with Crippen LogP contribution in [0.3, 0.4) is 0 Å². The van der Waals surface area contributed by atoms with Crippen molar-refractivity contribution >= 4 is 40.7 Å². The minimum atomic E-state index is -0.364. The Balaban J connectivity index is 1.61. The SMILES string of the molecule is COCCCc1cc(Cl)c(Cl)cc1NC(=O)Nc1c(C)c(C2CCN(C)CC2)nn1-c1ccccc1. The number of methoxy groups -OCH3 is 1. The van der Waals surface area contributed by atoms with Gasteiger partial charge < -0.3 is 15.0 Å². The molecule has 2 heterocycles. The van der Waals surface area contributed by atoms with Crippen molar-refractivity contribution in [3.8, 4) is 5.69 Å². The highest BCUT2D eigenvalue weighted by Gasteiger charge is 2.26. The van der Waals surface area contributed by atoms with Crippen LogP contribution >= 0.6 is 23.2 Å². The zero-order valence-corrected chi connectivity index (χ0v) is 22.5. The monoisotopic (exact) mass is 529 g/mol. The lowest BCUT2D eigenvalue weighted by Gasteiger charge is -2.28. The first-order valence-corrected chi connectivity index (χ1v) is 13.0. The molecule has 36 heavy (non-hydrogen) atoms. The van der Waals surface area contributed by atoms with Gasteiger partial charge in [-0.2, -0.15) is 5.10 Å². The highest BCUT2D eigenvalue weighted by molar-refractivity contribution is 6.42. The number of nitrogens with zero attached hydrogens (tertiary/aromatic N) is 3. The smallest absolute Gasteiger partial charge is 0.324 e. The highest BCUT2D eigenvalue weighted by atomic mass is 35.5. The second kappa shape index (κ2) is 12.1. The Hall–Kier alpha value is -2.58. The van der Waals surface area contributed by atoms with E-state index >= 15 is 0 Å². The molecule has 0 spiro atoms. The average molecular weight is 531 g/mol. The summed E-state index contributed by atoms with van der Waals surface area (Å²) in [6.07, 6.45) is 3.58. The normalized spacial score (nSPS) is 14.7. The number of hydrogen-bond donors (Lipinski definition) is 2. The van der Waals surface area contributed by atoms with E-state index < -0.39 is 0 Å². The van der Waals surface area contributed by atoms with Gasteiger partial charge in [-0.15, -0.1) is 0 Å². The second-order valence-corrected chi connectivity index (χ2v) is 10.1. The number of aromatic nitrogens is 2. The molecule has 1 aliphatic heterocycles. The van der Waals surface area contributed by atoms with Crippen molar-refractivity contribution in [1.29, 1.82) is 0 Å². The number of amides is 2. The lowest BCUT2D eigenvalue weighted by atomic mass is 9.92. The quantitative estimate of drug-likeness (QED) is 0.326. The molecular formula is C27H33Cl2N5O2. The van der Waals surface area contributed by atoms with E-state index in [1.54, 1.807) is 19.2 Å². The Labute approximate surface area is 222 Å². The predicted molar refractivity (Wildman–Crippen MR) is 147 cm³/mol. The molecule has 7 nitrogen and oxygen atoms in total. The van der Waals surface area contributed by atoms with Crippen LogP contribution in [-0.2, 0) is 11.2 Å². The van der Waals surface area contributed by atoms with E-state index in [1.807, 2.05) is 41.9 Å². The van der Waals surface area contributed by atoms with E-state index in [1.165, 1.54) is 0 Å². The molecule has 0 radical (unpaired) electrons. The van der Waals surface area contributed by atoms with Gasteiger partial charge in [0.05, 0.1) is 21.4 Å². The Morgan fingerprint density at radius 2 is 1.81 bits per heavy atom. The average Bonchev–Trinajstić information content (AvgIpc) is 3.19. The third kappa shape index (κ3) is 6.21. The van der Waals surface area contributed by atoms with E-state index in [4.69, 9.17) is 33.0 Å². The van der Waals surface area contributed by atoms with Gasteiger partial charge in [0.2, 0.25) is 0 Å². The van der Waals surface area contributed by atoms with E-state index in [2.05, 4.69) is 22.6 Å². The summed E-state index contributed by atoms with van der Waals surface area (Å²) in [4.78, 5) is 15.6. The van der Waals surface area contributed by atoms with Crippen LogP contribution in [0.5, 0.6) is 0 Å². The molecule has 2 aromatic carbocycles. The van der Waals surface area contributed by atoms with E-state index in [0.29, 0.717) is 40.5 Å². The van der Waals surface area contributed by atoms with Gasteiger partial charge in [0, 0.05) is 30.9 Å². The minimum Gasteiger partial charge on any atom is -0.385 e. The zero-order chi connectivity index (χ0) is 25.7. The van der Waals surface area contributed by atoms with Gasteiger partial charge in [-0.3, -0.25) is 5.32 Å². The summed E-state index contributed by atoms with van der Waals surface area (Å²) in [7, 11) is 3.81. The number of hydrogen-bond acceptors (Lipinski definition) is 4. The van der Waals surface area contributed by atoms with Crippen LogP contribution in [-0.4, -0.2) is 54.6 Å². The summed E-state index contributed by atoms with van der Waals surface area (Å²) in [6, 6.07) is 13.0. The second-order valence-electron chi connectivity index (χ2n) is 9.28. The van der Waals surface area contributed by atoms with Gasteiger partial charge in [-0.1, -0.05) is 41.4 Å². The molecule has 0 atom stereocenters. The number of halogens is 2. The molecule has 192 valence electrons. The van der Waals surface area contributed by atoms with Crippen LogP contribution in [0.1, 0.15) is 42.0 Å². The number of nitrogens with one attached hydrogen (secondary N) is 2. The van der Waals surface area contributed by atoms with Gasteiger partial charge in [-0.05, 0) is 82.6 Å². The van der Waals surface area contributed by atoms with Gasteiger partial charge in [-0.25, -0.2) is 9.48 Å². The first kappa shape index (κ1) is 26.5. The maximum absolute atomic E-state index is 13.3. The Kier molecular flexibility index (Phi) is 8.90. The number of carbonyl (C=O) groups is 1. The number of benzene rings is 2. The number of piperidine rings is 1. The minimum absolute atomic E-state index is 0.359. The summed E-state index contributed by atoms with van der Waals surface area (Å²) in [5.41, 5.74) is 4.44. The molecule has 2 amide bonds. The third-order valence-corrected chi connectivity index (χ3v) is 7.41. The number of carbonyl (C=O) groups excluding carboxylic acids is 1. The highest BCUT2D eigenvalue weighted by Crippen LogP contribution is 2.34. The molecule has 1 fully saturated rings. The third-order valence-electron chi connectivity index (χ3n) is 6.69. The lowest BCUT2D eigenvalue weighted by molar-refractivity contribution is 0.195. The van der Waals surface area contributed by atoms with Crippen LogP contribution in [0.2, 0.25) is 10.0 Å². The Bertz CT molecular complexity index is 1190. The number of ether oxygens (including phenoxy) is 1. The first-order chi connectivity index (χ1) is 17.4. The molecule has 9 heteroatoms. The van der Waals surface area contributed by atoms with E-state index in [9.17, 15) is 4.79 Å². The number of urea groups is 1. The maximum atomic E-state index is 13.3. The number of likely N-dealkylation sites (tertiary alicyclic amines) is 1. The van der Waals surface area contributed by atoms with Crippen molar-refractivity contribution in [3.05, 3.63) is 69.3 Å². The van der Waals surface area contributed by atoms with Gasteiger partial charge >= 0.3 is 6.03 Å². The number of para-hydroxylation sites is 1. The van der Waals surface area contributed by atoms with Crippen LogP contribution in [0.4, 0.5) is 16.3 Å². The summed E-state index contributed by atoms with van der Waals surface area (Å²) in [5, 5.41) is 11.9. The molecule has 1 aromatic heterocycles. The Morgan fingerprint density at radius 1 is 1.11 bits per heavy atom. The molecule has 0 bridgehead atoms. The molecule has 2 N–H and O–H groups in total. The van der Waals surface area contributed by atoms with Crippen molar-refractivity contribution in [2.45, 2.75) is 38.5 Å². The maximum Gasteiger partial charge on any atom is 0.324 e. The topological polar surface area (TPSA) is 71.4 Å². The summed E-state index contributed by atoms with van der Waals surface area (Å²) >= 11 is 12.5. The Morgan fingerprint density at radius 3 is 2.50 bits per heavy atom. The summed E-state index contributed by atoms with van der Waals surface area (Å²) in [5.74, 6) is 1.02. The fraction of sp³-hybridized carbons (Fsp3) is 0.407. The summed E-state index contributed by atoms with van der Waals surface area (Å²) in [6.45, 7) is 4.72. The molecule has 1 saturated heterocycles. The van der Waals surface area contributed by atoms with Crippen LogP contribution in [0.15, 0.2) is 42.5 Å². The predicted octanol–water partition coefficient (Wildman–Crippen LogP) is 6.52. The molecule has 4 rings (SSSR count). The summed E-state index contributed by atoms with van der Waals surface area (Å²) < 4.78 is 7.00. The molecular weight excluding hydrogens is 497 g/mol. The largest absolute Gasteiger partial charge is 0.385 e. The number of rotatable bonds is 8. The lowest BCUT2D eigenvalue weighted by Crippen LogP contribution is -2.29. The van der Waals surface area contributed by atoms with Gasteiger partial charge in [0.15, 0.2) is 0 Å². The molecule has 0 saturated carbocycles. The standard InChI is InChI=1S/C27H33Cl2N5O2/c1-18-25(19-11-13-33(2)14-12-19)32-34(21-9-5-4-6-10-21)26(18)31-27(35)30-24-17-23(29)22(28)16-20(24)8-7-15-36-3/h4-6,9-10,16-17,19H,7-8,11-15H2,1-3H3,(H2,30,31,35). The van der Waals surface area contributed by atoms with Crippen molar-refractivity contribution in [2.75, 3.05) is 44.5 Å².